The van der Waals surface area contributed by atoms with Crippen LogP contribution in [0, 0.1) is 0 Å². The summed E-state index contributed by atoms with van der Waals surface area (Å²) < 4.78 is 0. The van der Waals surface area contributed by atoms with E-state index >= 15 is 0 Å². The lowest BCUT2D eigenvalue weighted by Gasteiger charge is -2.34. The molecule has 1 fully saturated rings. The van der Waals surface area contributed by atoms with E-state index < -0.39 is 5.97 Å². The fraction of sp³-hybridized carbons (Fsp3) is 0.500. The molecule has 1 aliphatic heterocycles. The number of aliphatic carboxylic acids is 1. The molecule has 1 atom stereocenters. The Balaban J connectivity index is 1.99. The summed E-state index contributed by atoms with van der Waals surface area (Å²) in [5, 5.41) is 8.92. The Kier molecular flexibility index (Phi) is 4.15. The van der Waals surface area contributed by atoms with Crippen LogP contribution in [0.15, 0.2) is 30.3 Å². The topological polar surface area (TPSA) is 40.5 Å². The second-order valence-corrected chi connectivity index (χ2v) is 4.70. The van der Waals surface area contributed by atoms with Crippen molar-refractivity contribution in [1.82, 2.24) is 4.90 Å². The lowest BCUT2D eigenvalue weighted by atomic mass is 9.98. The highest BCUT2D eigenvalue weighted by atomic mass is 16.4. The molecule has 3 heteroatoms. The Hall–Kier alpha value is -1.35. The van der Waals surface area contributed by atoms with Gasteiger partial charge in [0.2, 0.25) is 0 Å². The normalized spacial score (nSPS) is 21.3. The predicted octanol–water partition coefficient (Wildman–Crippen LogP) is 2.52. The zero-order chi connectivity index (χ0) is 12.1. The highest BCUT2D eigenvalue weighted by molar-refractivity contribution is 5.67. The number of hydrogen-bond donors (Lipinski definition) is 1. The van der Waals surface area contributed by atoms with Crippen molar-refractivity contribution in [2.24, 2.45) is 0 Å². The summed E-state index contributed by atoms with van der Waals surface area (Å²) in [4.78, 5) is 13.2. The summed E-state index contributed by atoms with van der Waals surface area (Å²) in [6, 6.07) is 10.5. The molecule has 0 unspecified atom stereocenters. The third-order valence-corrected chi connectivity index (χ3v) is 3.39. The molecule has 17 heavy (non-hydrogen) atoms. The van der Waals surface area contributed by atoms with Crippen molar-refractivity contribution in [1.29, 1.82) is 0 Å². The van der Waals surface area contributed by atoms with Gasteiger partial charge in [-0.2, -0.15) is 0 Å². The number of likely N-dealkylation sites (tertiary alicyclic amines) is 1. The Morgan fingerprint density at radius 1 is 1.29 bits per heavy atom. The van der Waals surface area contributed by atoms with Gasteiger partial charge in [0.25, 0.3) is 0 Å². The Morgan fingerprint density at radius 3 is 2.76 bits per heavy atom. The summed E-state index contributed by atoms with van der Waals surface area (Å²) in [6.07, 6.45) is 3.62. The van der Waals surface area contributed by atoms with E-state index in [2.05, 4.69) is 17.0 Å². The molecule has 3 nitrogen and oxygen atoms in total. The van der Waals surface area contributed by atoms with Crippen LogP contribution >= 0.6 is 0 Å². The molecule has 0 spiro atoms. The molecule has 1 N–H and O–H groups in total. The van der Waals surface area contributed by atoms with Gasteiger partial charge in [0, 0.05) is 12.6 Å². The molecular formula is C14H19NO2. The fourth-order valence-electron chi connectivity index (χ4n) is 2.52. The minimum Gasteiger partial charge on any atom is -0.481 e. The SMILES string of the molecule is O=C(O)C[C@H]1CCCCN1Cc1ccccc1. The van der Waals surface area contributed by atoms with Gasteiger partial charge in [-0.25, -0.2) is 0 Å². The van der Waals surface area contributed by atoms with Gasteiger partial charge in [0.1, 0.15) is 0 Å². The molecule has 0 aromatic heterocycles. The molecule has 1 saturated heterocycles. The van der Waals surface area contributed by atoms with Crippen LogP contribution in [0.2, 0.25) is 0 Å². The predicted molar refractivity (Wildman–Crippen MR) is 66.7 cm³/mol. The molecule has 0 aliphatic carbocycles. The Bertz CT molecular complexity index is 364. The molecule has 0 amide bonds. The number of carboxylic acids is 1. The fourth-order valence-corrected chi connectivity index (χ4v) is 2.52. The van der Waals surface area contributed by atoms with Gasteiger partial charge in [-0.1, -0.05) is 36.8 Å². The van der Waals surface area contributed by atoms with E-state index in [0.717, 1.165) is 25.9 Å². The number of piperidine rings is 1. The van der Waals surface area contributed by atoms with E-state index in [-0.39, 0.29) is 12.5 Å². The summed E-state index contributed by atoms with van der Waals surface area (Å²) in [5.74, 6) is -0.685. The van der Waals surface area contributed by atoms with Crippen LogP contribution in [0.25, 0.3) is 0 Å². The van der Waals surface area contributed by atoms with Crippen LogP contribution < -0.4 is 0 Å². The van der Waals surface area contributed by atoms with Crippen molar-refractivity contribution in [2.45, 2.75) is 38.3 Å². The van der Waals surface area contributed by atoms with E-state index in [4.69, 9.17) is 5.11 Å². The quantitative estimate of drug-likeness (QED) is 0.868. The molecule has 1 aromatic rings. The van der Waals surface area contributed by atoms with Gasteiger partial charge in [-0.15, -0.1) is 0 Å². The van der Waals surface area contributed by atoms with E-state index in [1.165, 1.54) is 12.0 Å². The first-order valence-electron chi connectivity index (χ1n) is 6.25. The number of benzene rings is 1. The number of carbonyl (C=O) groups is 1. The highest BCUT2D eigenvalue weighted by Gasteiger charge is 2.24. The zero-order valence-electron chi connectivity index (χ0n) is 10.0. The monoisotopic (exact) mass is 233 g/mol. The van der Waals surface area contributed by atoms with Crippen molar-refractivity contribution in [2.75, 3.05) is 6.54 Å². The van der Waals surface area contributed by atoms with Crippen LogP contribution in [-0.2, 0) is 11.3 Å². The number of carboxylic acid groups (broad SMARTS) is 1. The first-order chi connectivity index (χ1) is 8.25. The third kappa shape index (κ3) is 3.56. The summed E-state index contributed by atoms with van der Waals surface area (Å²) >= 11 is 0. The van der Waals surface area contributed by atoms with Crippen LogP contribution in [0.5, 0.6) is 0 Å². The Morgan fingerprint density at radius 2 is 2.06 bits per heavy atom. The molecule has 1 aliphatic rings. The summed E-state index contributed by atoms with van der Waals surface area (Å²) in [7, 11) is 0. The molecule has 1 aromatic carbocycles. The van der Waals surface area contributed by atoms with E-state index in [0.29, 0.717) is 0 Å². The minimum atomic E-state index is -0.685. The van der Waals surface area contributed by atoms with Crippen LogP contribution in [-0.4, -0.2) is 28.6 Å². The first kappa shape index (κ1) is 12.1. The average Bonchev–Trinajstić information content (AvgIpc) is 2.32. The standard InChI is InChI=1S/C14H19NO2/c16-14(17)10-13-8-4-5-9-15(13)11-12-6-2-1-3-7-12/h1-3,6-7,13H,4-5,8-11H2,(H,16,17)/t13-/m1/s1. The summed E-state index contributed by atoms with van der Waals surface area (Å²) in [6.45, 7) is 1.89. The number of hydrogen-bond acceptors (Lipinski definition) is 2. The Labute approximate surface area is 102 Å². The molecule has 92 valence electrons. The molecule has 0 radical (unpaired) electrons. The van der Waals surface area contributed by atoms with Gasteiger partial charge in [0.05, 0.1) is 6.42 Å². The number of rotatable bonds is 4. The van der Waals surface area contributed by atoms with Gasteiger partial charge in [-0.05, 0) is 24.9 Å². The molecular weight excluding hydrogens is 214 g/mol. The van der Waals surface area contributed by atoms with Crippen LogP contribution in [0.3, 0.4) is 0 Å². The smallest absolute Gasteiger partial charge is 0.304 e. The number of nitrogens with zero attached hydrogens (tertiary/aromatic N) is 1. The maximum absolute atomic E-state index is 10.8. The first-order valence-corrected chi connectivity index (χ1v) is 6.25. The second-order valence-electron chi connectivity index (χ2n) is 4.70. The van der Waals surface area contributed by atoms with Gasteiger partial charge >= 0.3 is 5.97 Å². The highest BCUT2D eigenvalue weighted by Crippen LogP contribution is 2.21. The van der Waals surface area contributed by atoms with Crippen LogP contribution in [0.1, 0.15) is 31.2 Å². The second kappa shape index (κ2) is 5.82. The third-order valence-electron chi connectivity index (χ3n) is 3.39. The lowest BCUT2D eigenvalue weighted by molar-refractivity contribution is -0.138. The van der Waals surface area contributed by atoms with E-state index in [9.17, 15) is 4.79 Å². The van der Waals surface area contributed by atoms with Gasteiger partial charge in [-0.3, -0.25) is 9.69 Å². The largest absolute Gasteiger partial charge is 0.481 e. The van der Waals surface area contributed by atoms with Crippen molar-refractivity contribution in [3.63, 3.8) is 0 Å². The van der Waals surface area contributed by atoms with Crippen molar-refractivity contribution < 1.29 is 9.90 Å². The van der Waals surface area contributed by atoms with E-state index in [1.807, 2.05) is 18.2 Å². The average molecular weight is 233 g/mol. The van der Waals surface area contributed by atoms with Gasteiger partial charge < -0.3 is 5.11 Å². The van der Waals surface area contributed by atoms with Gasteiger partial charge in [0.15, 0.2) is 0 Å². The maximum atomic E-state index is 10.8. The van der Waals surface area contributed by atoms with Crippen LogP contribution in [0.4, 0.5) is 0 Å². The van der Waals surface area contributed by atoms with E-state index in [1.54, 1.807) is 0 Å². The zero-order valence-corrected chi connectivity index (χ0v) is 10.0. The van der Waals surface area contributed by atoms with Crippen molar-refractivity contribution in [3.05, 3.63) is 35.9 Å². The van der Waals surface area contributed by atoms with Crippen molar-refractivity contribution >= 4 is 5.97 Å². The minimum absolute atomic E-state index is 0.210. The lowest BCUT2D eigenvalue weighted by Crippen LogP contribution is -2.40. The molecule has 0 bridgehead atoms. The summed E-state index contributed by atoms with van der Waals surface area (Å²) in [5.41, 5.74) is 1.27. The van der Waals surface area contributed by atoms with Crippen molar-refractivity contribution in [3.8, 4) is 0 Å². The maximum Gasteiger partial charge on any atom is 0.304 e. The molecule has 1 heterocycles. The molecule has 0 saturated carbocycles. The molecule has 2 rings (SSSR count).